The maximum Gasteiger partial charge on any atom is 0.309 e. The van der Waals surface area contributed by atoms with E-state index in [1.54, 1.807) is 6.07 Å². The van der Waals surface area contributed by atoms with Gasteiger partial charge in [0.1, 0.15) is 5.69 Å². The van der Waals surface area contributed by atoms with Crippen LogP contribution in [0.15, 0.2) is 12.1 Å². The van der Waals surface area contributed by atoms with Crippen molar-refractivity contribution in [1.82, 2.24) is 0 Å². The summed E-state index contributed by atoms with van der Waals surface area (Å²) in [6.07, 6.45) is 1.18. The van der Waals surface area contributed by atoms with Crippen molar-refractivity contribution < 1.29 is 18.7 Å². The lowest BCUT2D eigenvalue weighted by Gasteiger charge is -2.39. The molecule has 0 unspecified atom stereocenters. The predicted molar refractivity (Wildman–Crippen MR) is 72.9 cm³/mol. The Balaban J connectivity index is 2.24. The Morgan fingerprint density at radius 1 is 1.38 bits per heavy atom. The van der Waals surface area contributed by atoms with Crippen LogP contribution in [0.5, 0.6) is 0 Å². The molecule has 0 amide bonds. The number of piperidine rings is 1. The molecule has 21 heavy (non-hydrogen) atoms. The molecular formula is C15H16F2N2O2. The van der Waals surface area contributed by atoms with Crippen molar-refractivity contribution in [2.75, 3.05) is 18.0 Å². The molecule has 0 atom stereocenters. The first kappa shape index (κ1) is 15.2. The minimum atomic E-state index is -0.856. The summed E-state index contributed by atoms with van der Waals surface area (Å²) in [4.78, 5) is 12.9. The number of carboxylic acids is 1. The molecule has 1 aliphatic heterocycles. The Kier molecular flexibility index (Phi) is 4.12. The number of aliphatic carboxylic acids is 1. The van der Waals surface area contributed by atoms with Crippen molar-refractivity contribution >= 4 is 11.7 Å². The summed E-state index contributed by atoms with van der Waals surface area (Å²) in [5.74, 6) is -2.43. The maximum atomic E-state index is 14.0. The normalized spacial score (nSPS) is 17.3. The van der Waals surface area contributed by atoms with Gasteiger partial charge in [0.2, 0.25) is 0 Å². The Morgan fingerprint density at radius 3 is 2.29 bits per heavy atom. The molecule has 1 aromatic rings. The molecule has 0 saturated carbocycles. The first-order valence-electron chi connectivity index (χ1n) is 6.81. The molecule has 1 aromatic carbocycles. The van der Waals surface area contributed by atoms with Gasteiger partial charge in [0, 0.05) is 13.1 Å². The minimum absolute atomic E-state index is 0.0702. The lowest BCUT2D eigenvalue weighted by molar-refractivity contribution is -0.150. The number of carbonyl (C=O) groups is 1. The van der Waals surface area contributed by atoms with Gasteiger partial charge in [-0.1, -0.05) is 6.92 Å². The van der Waals surface area contributed by atoms with E-state index >= 15 is 0 Å². The first-order chi connectivity index (χ1) is 9.93. The molecule has 0 radical (unpaired) electrons. The van der Waals surface area contributed by atoms with Crippen molar-refractivity contribution in [2.24, 2.45) is 5.41 Å². The molecule has 2 rings (SSSR count). The third kappa shape index (κ3) is 2.68. The third-order valence-corrected chi connectivity index (χ3v) is 4.31. The van der Waals surface area contributed by atoms with Crippen LogP contribution in [0.4, 0.5) is 14.5 Å². The molecule has 6 heteroatoms. The average Bonchev–Trinajstić information content (AvgIpc) is 2.47. The summed E-state index contributed by atoms with van der Waals surface area (Å²) < 4.78 is 27.9. The number of hydrogen-bond donors (Lipinski definition) is 1. The molecule has 0 spiro atoms. The highest BCUT2D eigenvalue weighted by molar-refractivity contribution is 5.75. The van der Waals surface area contributed by atoms with Crippen molar-refractivity contribution in [2.45, 2.75) is 26.2 Å². The van der Waals surface area contributed by atoms with Gasteiger partial charge < -0.3 is 10.0 Å². The lowest BCUT2D eigenvalue weighted by atomic mass is 9.76. The molecule has 1 N–H and O–H groups in total. The van der Waals surface area contributed by atoms with E-state index in [1.165, 1.54) is 4.90 Å². The van der Waals surface area contributed by atoms with Crippen molar-refractivity contribution in [3.05, 3.63) is 29.3 Å². The van der Waals surface area contributed by atoms with Crippen LogP contribution in [0.25, 0.3) is 0 Å². The van der Waals surface area contributed by atoms with Gasteiger partial charge in [0.15, 0.2) is 11.6 Å². The van der Waals surface area contributed by atoms with Crippen LogP contribution < -0.4 is 4.90 Å². The third-order valence-electron chi connectivity index (χ3n) is 4.31. The number of nitrogens with zero attached hydrogens (tertiary/aromatic N) is 2. The van der Waals surface area contributed by atoms with Gasteiger partial charge in [-0.2, -0.15) is 5.26 Å². The molecule has 1 heterocycles. The van der Waals surface area contributed by atoms with E-state index in [9.17, 15) is 18.7 Å². The highest BCUT2D eigenvalue weighted by Gasteiger charge is 2.40. The molecule has 1 fully saturated rings. The molecule has 1 saturated heterocycles. The monoisotopic (exact) mass is 294 g/mol. The fraction of sp³-hybridized carbons (Fsp3) is 0.467. The summed E-state index contributed by atoms with van der Waals surface area (Å²) in [7, 11) is 0. The molecule has 1 aliphatic rings. The van der Waals surface area contributed by atoms with Crippen LogP contribution in [0.2, 0.25) is 0 Å². The molecule has 4 nitrogen and oxygen atoms in total. The Hall–Kier alpha value is -2.16. The summed E-state index contributed by atoms with van der Waals surface area (Å²) in [5.41, 5.74) is -1.06. The number of hydrogen-bond acceptors (Lipinski definition) is 3. The van der Waals surface area contributed by atoms with Gasteiger partial charge in [0.05, 0.1) is 17.0 Å². The molecule has 0 aromatic heterocycles. The van der Waals surface area contributed by atoms with Crippen molar-refractivity contribution in [3.8, 4) is 6.07 Å². The summed E-state index contributed by atoms with van der Waals surface area (Å²) >= 11 is 0. The average molecular weight is 294 g/mol. The summed E-state index contributed by atoms with van der Waals surface area (Å²) in [5, 5.41) is 18.0. The quantitative estimate of drug-likeness (QED) is 0.931. The van der Waals surface area contributed by atoms with E-state index in [4.69, 9.17) is 5.26 Å². The van der Waals surface area contributed by atoms with Crippen LogP contribution in [0.3, 0.4) is 0 Å². The second-order valence-electron chi connectivity index (χ2n) is 5.33. The van der Waals surface area contributed by atoms with Crippen LogP contribution >= 0.6 is 0 Å². The van der Waals surface area contributed by atoms with E-state index in [0.717, 1.165) is 12.1 Å². The van der Waals surface area contributed by atoms with E-state index in [1.807, 2.05) is 6.92 Å². The van der Waals surface area contributed by atoms with Gasteiger partial charge in [0.25, 0.3) is 0 Å². The zero-order valence-electron chi connectivity index (χ0n) is 11.7. The second kappa shape index (κ2) is 5.68. The molecular weight excluding hydrogens is 278 g/mol. The SMILES string of the molecule is CCC1(C(=O)O)CCN(c2c(F)cc(C#N)cc2F)CC1. The van der Waals surface area contributed by atoms with Gasteiger partial charge in [-0.3, -0.25) is 4.79 Å². The summed E-state index contributed by atoms with van der Waals surface area (Å²) in [6, 6.07) is 3.69. The topological polar surface area (TPSA) is 64.3 Å². The van der Waals surface area contributed by atoms with E-state index in [-0.39, 0.29) is 24.3 Å². The Labute approximate surface area is 121 Å². The number of anilines is 1. The summed E-state index contributed by atoms with van der Waals surface area (Å²) in [6.45, 7) is 2.37. The fourth-order valence-corrected chi connectivity index (χ4v) is 2.81. The van der Waals surface area contributed by atoms with Crippen molar-refractivity contribution in [3.63, 3.8) is 0 Å². The first-order valence-corrected chi connectivity index (χ1v) is 6.81. The number of benzene rings is 1. The maximum absolute atomic E-state index is 14.0. The van der Waals surface area contributed by atoms with Crippen LogP contribution in [0.1, 0.15) is 31.7 Å². The number of rotatable bonds is 3. The number of halogens is 2. The zero-order valence-corrected chi connectivity index (χ0v) is 11.7. The van der Waals surface area contributed by atoms with Crippen LogP contribution in [0, 0.1) is 28.4 Å². The largest absolute Gasteiger partial charge is 0.481 e. The van der Waals surface area contributed by atoms with E-state index < -0.39 is 23.0 Å². The standard InChI is InChI=1S/C15H16F2N2O2/c1-2-15(14(20)21)3-5-19(6-4-15)13-11(16)7-10(9-18)8-12(13)17/h7-8H,2-6H2,1H3,(H,20,21). The zero-order chi connectivity index (χ0) is 15.6. The van der Waals surface area contributed by atoms with Crippen LogP contribution in [-0.2, 0) is 4.79 Å². The van der Waals surface area contributed by atoms with Crippen LogP contribution in [-0.4, -0.2) is 24.2 Å². The molecule has 0 bridgehead atoms. The van der Waals surface area contributed by atoms with Gasteiger partial charge in [-0.05, 0) is 31.4 Å². The van der Waals surface area contributed by atoms with Crippen molar-refractivity contribution in [1.29, 1.82) is 5.26 Å². The highest BCUT2D eigenvalue weighted by Crippen LogP contribution is 2.38. The van der Waals surface area contributed by atoms with Gasteiger partial charge in [-0.25, -0.2) is 8.78 Å². The molecule has 112 valence electrons. The fourth-order valence-electron chi connectivity index (χ4n) is 2.81. The Bertz CT molecular complexity index is 579. The van der Waals surface area contributed by atoms with E-state index in [0.29, 0.717) is 19.3 Å². The molecule has 0 aliphatic carbocycles. The minimum Gasteiger partial charge on any atom is -0.481 e. The predicted octanol–water partition coefficient (Wildman–Crippen LogP) is 2.92. The number of carboxylic acid groups (broad SMARTS) is 1. The smallest absolute Gasteiger partial charge is 0.309 e. The highest BCUT2D eigenvalue weighted by atomic mass is 19.1. The second-order valence-corrected chi connectivity index (χ2v) is 5.33. The van der Waals surface area contributed by atoms with E-state index in [2.05, 4.69) is 0 Å². The van der Waals surface area contributed by atoms with Gasteiger partial charge >= 0.3 is 5.97 Å². The lowest BCUT2D eigenvalue weighted by Crippen LogP contribution is -2.44. The number of nitriles is 1. The Morgan fingerprint density at radius 2 is 1.90 bits per heavy atom. The van der Waals surface area contributed by atoms with Gasteiger partial charge in [-0.15, -0.1) is 0 Å².